The second-order valence-electron chi connectivity index (χ2n) is 2.96. The van der Waals surface area contributed by atoms with Gasteiger partial charge in [0.05, 0.1) is 0 Å². The van der Waals surface area contributed by atoms with Crippen molar-refractivity contribution in [3.8, 4) is 0 Å². The van der Waals surface area contributed by atoms with Gasteiger partial charge in [-0.1, -0.05) is 6.08 Å². The molecule has 84 valence electrons. The van der Waals surface area contributed by atoms with Crippen LogP contribution in [0.1, 0.15) is 0 Å². The summed E-state index contributed by atoms with van der Waals surface area (Å²) in [5.74, 6) is -1.35. The van der Waals surface area contributed by atoms with Gasteiger partial charge in [0.1, 0.15) is 0 Å². The minimum absolute atomic E-state index is 0.277. The van der Waals surface area contributed by atoms with Crippen LogP contribution in [-0.2, 0) is 9.59 Å². The third-order valence-corrected chi connectivity index (χ3v) is 2.43. The molecular weight excluding hydrogens is 319 g/mol. The molecule has 0 bridgehead atoms. The maximum Gasteiger partial charge on any atom is 0.313 e. The van der Waals surface area contributed by atoms with Crippen molar-refractivity contribution in [2.75, 3.05) is 11.9 Å². The first kappa shape index (κ1) is 12.7. The number of halogens is 1. The number of hydrogen-bond donors (Lipinski definition) is 2. The van der Waals surface area contributed by atoms with Crippen molar-refractivity contribution in [1.82, 2.24) is 5.32 Å². The first-order valence-corrected chi connectivity index (χ1v) is 5.67. The van der Waals surface area contributed by atoms with Crippen molar-refractivity contribution in [3.63, 3.8) is 0 Å². The number of carbonyl (C=O) groups excluding carboxylic acids is 2. The molecule has 0 saturated heterocycles. The van der Waals surface area contributed by atoms with Crippen LogP contribution in [0.2, 0.25) is 0 Å². The molecule has 0 atom stereocenters. The number of rotatable bonds is 3. The molecule has 0 aliphatic heterocycles. The molecule has 5 heteroatoms. The largest absolute Gasteiger partial charge is 0.344 e. The number of carbonyl (C=O) groups is 2. The van der Waals surface area contributed by atoms with Gasteiger partial charge in [0, 0.05) is 15.8 Å². The summed E-state index contributed by atoms with van der Waals surface area (Å²) in [7, 11) is 0. The normalized spacial score (nSPS) is 9.31. The van der Waals surface area contributed by atoms with Gasteiger partial charge in [-0.05, 0) is 46.9 Å². The highest BCUT2D eigenvalue weighted by Crippen LogP contribution is 2.10. The number of nitrogens with one attached hydrogen (secondary N) is 2. The Labute approximate surface area is 107 Å². The number of amides is 2. The van der Waals surface area contributed by atoms with Gasteiger partial charge < -0.3 is 10.6 Å². The minimum Gasteiger partial charge on any atom is -0.344 e. The van der Waals surface area contributed by atoms with E-state index in [-0.39, 0.29) is 6.54 Å². The van der Waals surface area contributed by atoms with E-state index in [1.165, 1.54) is 6.08 Å². The quantitative estimate of drug-likeness (QED) is 0.502. The third-order valence-electron chi connectivity index (χ3n) is 1.72. The molecule has 0 heterocycles. The van der Waals surface area contributed by atoms with E-state index in [2.05, 4.69) is 39.8 Å². The van der Waals surface area contributed by atoms with Crippen molar-refractivity contribution >= 4 is 40.1 Å². The van der Waals surface area contributed by atoms with Gasteiger partial charge in [-0.25, -0.2) is 0 Å². The van der Waals surface area contributed by atoms with Crippen LogP contribution in [0, 0.1) is 3.57 Å². The van der Waals surface area contributed by atoms with Gasteiger partial charge in [0.15, 0.2) is 0 Å². The summed E-state index contributed by atoms with van der Waals surface area (Å²) in [6.45, 7) is 3.72. The van der Waals surface area contributed by atoms with Crippen LogP contribution in [0.25, 0.3) is 0 Å². The van der Waals surface area contributed by atoms with E-state index in [0.29, 0.717) is 5.69 Å². The molecule has 2 amide bonds. The monoisotopic (exact) mass is 330 g/mol. The lowest BCUT2D eigenvalue weighted by molar-refractivity contribution is -0.136. The Morgan fingerprint density at radius 1 is 1.25 bits per heavy atom. The van der Waals surface area contributed by atoms with Crippen LogP contribution < -0.4 is 10.6 Å². The zero-order valence-corrected chi connectivity index (χ0v) is 10.7. The molecular formula is C11H11IN2O2. The van der Waals surface area contributed by atoms with Gasteiger partial charge >= 0.3 is 11.8 Å². The molecule has 0 spiro atoms. The van der Waals surface area contributed by atoms with Crippen molar-refractivity contribution in [2.45, 2.75) is 0 Å². The highest BCUT2D eigenvalue weighted by atomic mass is 127. The summed E-state index contributed by atoms with van der Waals surface area (Å²) in [4.78, 5) is 22.5. The lowest BCUT2D eigenvalue weighted by Crippen LogP contribution is -2.35. The summed E-state index contributed by atoms with van der Waals surface area (Å²) in [5, 5.41) is 4.88. The lowest BCUT2D eigenvalue weighted by Gasteiger charge is -2.04. The fraction of sp³-hybridized carbons (Fsp3) is 0.0909. The Morgan fingerprint density at radius 3 is 2.44 bits per heavy atom. The van der Waals surface area contributed by atoms with Crippen molar-refractivity contribution in [3.05, 3.63) is 40.5 Å². The molecule has 0 fully saturated rings. The Bertz CT molecular complexity index is 401. The first-order valence-electron chi connectivity index (χ1n) is 4.59. The van der Waals surface area contributed by atoms with E-state index < -0.39 is 11.8 Å². The molecule has 1 aromatic carbocycles. The SMILES string of the molecule is C=CCNC(=O)C(=O)Nc1ccc(I)cc1. The molecule has 0 aliphatic rings. The Morgan fingerprint density at radius 2 is 1.88 bits per heavy atom. The van der Waals surface area contributed by atoms with Crippen LogP contribution in [0.4, 0.5) is 5.69 Å². The minimum atomic E-state index is -0.678. The average Bonchev–Trinajstić information content (AvgIpc) is 2.29. The van der Waals surface area contributed by atoms with Crippen LogP contribution in [0.5, 0.6) is 0 Å². The molecule has 1 aromatic rings. The Balaban J connectivity index is 2.54. The highest BCUT2D eigenvalue weighted by molar-refractivity contribution is 14.1. The molecule has 2 N–H and O–H groups in total. The van der Waals surface area contributed by atoms with E-state index in [1.54, 1.807) is 12.1 Å². The van der Waals surface area contributed by atoms with E-state index in [9.17, 15) is 9.59 Å². The van der Waals surface area contributed by atoms with Gasteiger partial charge in [0.2, 0.25) is 0 Å². The predicted molar refractivity (Wildman–Crippen MR) is 71.0 cm³/mol. The highest BCUT2D eigenvalue weighted by Gasteiger charge is 2.11. The standard InChI is InChI=1S/C11H11IN2O2/c1-2-7-13-10(15)11(16)14-9-5-3-8(12)4-6-9/h2-6H,1,7H2,(H,13,15)(H,14,16). The smallest absolute Gasteiger partial charge is 0.313 e. The van der Waals surface area contributed by atoms with Crippen molar-refractivity contribution in [2.24, 2.45) is 0 Å². The lowest BCUT2D eigenvalue weighted by atomic mass is 10.3. The van der Waals surface area contributed by atoms with Gasteiger partial charge in [-0.15, -0.1) is 6.58 Å². The summed E-state index contributed by atoms with van der Waals surface area (Å²) >= 11 is 2.16. The summed E-state index contributed by atoms with van der Waals surface area (Å²) in [6.07, 6.45) is 1.51. The first-order chi connectivity index (χ1) is 7.63. The fourth-order valence-electron chi connectivity index (χ4n) is 0.966. The van der Waals surface area contributed by atoms with E-state index in [4.69, 9.17) is 0 Å². The third kappa shape index (κ3) is 4.01. The van der Waals surface area contributed by atoms with E-state index >= 15 is 0 Å². The fourth-order valence-corrected chi connectivity index (χ4v) is 1.33. The van der Waals surface area contributed by atoms with E-state index in [0.717, 1.165) is 3.57 Å². The molecule has 0 radical (unpaired) electrons. The molecule has 0 saturated carbocycles. The second kappa shape index (κ2) is 6.26. The molecule has 0 aromatic heterocycles. The Hall–Kier alpha value is -1.37. The molecule has 16 heavy (non-hydrogen) atoms. The zero-order valence-electron chi connectivity index (χ0n) is 8.50. The summed E-state index contributed by atoms with van der Waals surface area (Å²) in [5.41, 5.74) is 0.596. The van der Waals surface area contributed by atoms with Gasteiger partial charge in [-0.2, -0.15) is 0 Å². The topological polar surface area (TPSA) is 58.2 Å². The average molecular weight is 330 g/mol. The van der Waals surface area contributed by atoms with Crippen molar-refractivity contribution in [1.29, 1.82) is 0 Å². The second-order valence-corrected chi connectivity index (χ2v) is 4.21. The van der Waals surface area contributed by atoms with Crippen LogP contribution in [0.3, 0.4) is 0 Å². The maximum atomic E-state index is 11.3. The molecule has 4 nitrogen and oxygen atoms in total. The summed E-state index contributed by atoms with van der Waals surface area (Å²) in [6, 6.07) is 7.16. The molecule has 1 rings (SSSR count). The predicted octanol–water partition coefficient (Wildman–Crippen LogP) is 1.53. The van der Waals surface area contributed by atoms with Gasteiger partial charge in [-0.3, -0.25) is 9.59 Å². The number of hydrogen-bond acceptors (Lipinski definition) is 2. The zero-order chi connectivity index (χ0) is 12.0. The Kier molecular flexibility index (Phi) is 4.97. The van der Waals surface area contributed by atoms with Gasteiger partial charge in [0.25, 0.3) is 0 Å². The molecule has 0 unspecified atom stereocenters. The van der Waals surface area contributed by atoms with Crippen LogP contribution in [0.15, 0.2) is 36.9 Å². The number of benzene rings is 1. The number of anilines is 1. The van der Waals surface area contributed by atoms with Crippen LogP contribution >= 0.6 is 22.6 Å². The molecule has 0 aliphatic carbocycles. The van der Waals surface area contributed by atoms with Crippen LogP contribution in [-0.4, -0.2) is 18.4 Å². The summed E-state index contributed by atoms with van der Waals surface area (Å²) < 4.78 is 1.06. The van der Waals surface area contributed by atoms with Crippen molar-refractivity contribution < 1.29 is 9.59 Å². The maximum absolute atomic E-state index is 11.3. The van der Waals surface area contributed by atoms with E-state index in [1.807, 2.05) is 12.1 Å².